The molecular weight excluding hydrogens is 290 g/mol. The second kappa shape index (κ2) is 6.75. The predicted octanol–water partition coefficient (Wildman–Crippen LogP) is 2.33. The number of phenols is 1. The normalized spacial score (nSPS) is 16.1. The summed E-state index contributed by atoms with van der Waals surface area (Å²) in [5.41, 5.74) is 3.07. The molecule has 0 atom stereocenters. The van der Waals surface area contributed by atoms with Crippen LogP contribution in [0.4, 0.5) is 0 Å². The van der Waals surface area contributed by atoms with E-state index in [1.807, 2.05) is 13.0 Å². The number of nitrogens with one attached hydrogen (secondary N) is 1. The van der Waals surface area contributed by atoms with Gasteiger partial charge in [0.15, 0.2) is 0 Å². The zero-order valence-corrected chi connectivity index (χ0v) is 14.1. The Labute approximate surface area is 136 Å². The maximum atomic E-state index is 11.8. The molecular formula is C19H26NO3+. The van der Waals surface area contributed by atoms with E-state index in [0.717, 1.165) is 41.5 Å². The molecule has 0 aliphatic carbocycles. The minimum atomic E-state index is -0.339. The highest BCUT2D eigenvalue weighted by Gasteiger charge is 2.21. The fourth-order valence-corrected chi connectivity index (χ4v) is 3.72. The minimum Gasteiger partial charge on any atom is -0.507 e. The Morgan fingerprint density at radius 1 is 1.22 bits per heavy atom. The Kier molecular flexibility index (Phi) is 4.71. The number of hydrogen-bond acceptors (Lipinski definition) is 3. The van der Waals surface area contributed by atoms with Crippen LogP contribution in [0.2, 0.25) is 0 Å². The molecule has 23 heavy (non-hydrogen) atoms. The first kappa shape index (κ1) is 16.1. The molecule has 1 aromatic carbocycles. The maximum Gasteiger partial charge on any atom is 0.336 e. The fraction of sp³-hybridized carbons (Fsp3) is 0.526. The molecule has 3 rings (SSSR count). The predicted molar refractivity (Wildman–Crippen MR) is 91.1 cm³/mol. The number of aromatic hydroxyl groups is 1. The van der Waals surface area contributed by atoms with Crippen LogP contribution in [0, 0.1) is 6.92 Å². The van der Waals surface area contributed by atoms with E-state index in [2.05, 4.69) is 6.92 Å². The number of hydrogen-bond donors (Lipinski definition) is 2. The van der Waals surface area contributed by atoms with Gasteiger partial charge in [-0.25, -0.2) is 4.79 Å². The second-order valence-electron chi connectivity index (χ2n) is 6.72. The van der Waals surface area contributed by atoms with Crippen molar-refractivity contribution in [1.29, 1.82) is 0 Å². The summed E-state index contributed by atoms with van der Waals surface area (Å²) in [6, 6.07) is 3.44. The number of phenolic OH excluding ortho intramolecular Hbond substituents is 1. The molecule has 1 fully saturated rings. The lowest BCUT2D eigenvalue weighted by molar-refractivity contribution is -0.918. The molecule has 0 amide bonds. The van der Waals surface area contributed by atoms with E-state index < -0.39 is 0 Å². The first-order chi connectivity index (χ1) is 11.1. The van der Waals surface area contributed by atoms with Gasteiger partial charge in [-0.3, -0.25) is 0 Å². The average Bonchev–Trinajstić information content (AvgIpc) is 2.52. The van der Waals surface area contributed by atoms with Crippen LogP contribution in [-0.4, -0.2) is 18.2 Å². The lowest BCUT2D eigenvalue weighted by Crippen LogP contribution is -3.11. The van der Waals surface area contributed by atoms with Crippen LogP contribution in [0.15, 0.2) is 21.3 Å². The van der Waals surface area contributed by atoms with Crippen LogP contribution in [0.5, 0.6) is 5.75 Å². The van der Waals surface area contributed by atoms with Crippen molar-refractivity contribution in [3.05, 3.63) is 39.2 Å². The van der Waals surface area contributed by atoms with Gasteiger partial charge in [-0.05, 0) is 49.8 Å². The summed E-state index contributed by atoms with van der Waals surface area (Å²) in [5, 5.41) is 11.6. The molecule has 2 aromatic rings. The lowest BCUT2D eigenvalue weighted by atomic mass is 9.98. The molecule has 0 saturated carbocycles. The monoisotopic (exact) mass is 316 g/mol. The van der Waals surface area contributed by atoms with Crippen molar-refractivity contribution >= 4 is 11.0 Å². The maximum absolute atomic E-state index is 11.8. The van der Waals surface area contributed by atoms with Crippen LogP contribution in [0.25, 0.3) is 11.0 Å². The number of likely N-dealkylation sites (tertiary alicyclic amines) is 1. The van der Waals surface area contributed by atoms with Crippen molar-refractivity contribution in [2.24, 2.45) is 0 Å². The molecule has 1 aromatic heterocycles. The van der Waals surface area contributed by atoms with Crippen molar-refractivity contribution in [3.8, 4) is 5.75 Å². The summed E-state index contributed by atoms with van der Waals surface area (Å²) in [6.07, 6.45) is 5.54. The van der Waals surface area contributed by atoms with Crippen molar-refractivity contribution in [1.82, 2.24) is 0 Å². The number of quaternary nitrogens is 1. The number of piperidine rings is 1. The average molecular weight is 316 g/mol. The van der Waals surface area contributed by atoms with Gasteiger partial charge in [0.1, 0.15) is 17.9 Å². The lowest BCUT2D eigenvalue weighted by Gasteiger charge is -2.25. The van der Waals surface area contributed by atoms with Crippen LogP contribution < -0.4 is 10.5 Å². The zero-order chi connectivity index (χ0) is 16.4. The Morgan fingerprint density at radius 2 is 1.96 bits per heavy atom. The molecule has 124 valence electrons. The van der Waals surface area contributed by atoms with Gasteiger partial charge < -0.3 is 14.4 Å². The highest BCUT2D eigenvalue weighted by molar-refractivity contribution is 5.88. The van der Waals surface area contributed by atoms with Crippen molar-refractivity contribution in [3.63, 3.8) is 0 Å². The van der Waals surface area contributed by atoms with E-state index in [-0.39, 0.29) is 5.63 Å². The quantitative estimate of drug-likeness (QED) is 0.851. The van der Waals surface area contributed by atoms with E-state index in [1.165, 1.54) is 43.3 Å². The van der Waals surface area contributed by atoms with Crippen LogP contribution in [-0.2, 0) is 13.0 Å². The van der Waals surface area contributed by atoms with Crippen LogP contribution >= 0.6 is 0 Å². The number of rotatable bonds is 4. The standard InChI is InChI=1S/C19H25NO3/c1-3-7-14-11-17(21)23-16-10-13(2)15(19(22)18(14)16)12-20-8-5-4-6-9-20/h10-11,22H,3-9,12H2,1-2H3/p+1. The first-order valence-electron chi connectivity index (χ1n) is 8.72. The van der Waals surface area contributed by atoms with Crippen LogP contribution in [0.1, 0.15) is 49.3 Å². The number of aryl methyl sites for hydroxylation is 2. The van der Waals surface area contributed by atoms with E-state index in [1.54, 1.807) is 0 Å². The second-order valence-corrected chi connectivity index (χ2v) is 6.72. The molecule has 1 aliphatic heterocycles. The van der Waals surface area contributed by atoms with Gasteiger partial charge in [-0.15, -0.1) is 0 Å². The Morgan fingerprint density at radius 3 is 2.65 bits per heavy atom. The van der Waals surface area contributed by atoms with Gasteiger partial charge in [0.05, 0.1) is 24.0 Å². The molecule has 2 heterocycles. The van der Waals surface area contributed by atoms with Gasteiger partial charge in [0.2, 0.25) is 0 Å². The number of benzene rings is 1. The third-order valence-corrected chi connectivity index (χ3v) is 4.92. The van der Waals surface area contributed by atoms with Gasteiger partial charge >= 0.3 is 5.63 Å². The van der Waals surface area contributed by atoms with E-state index in [0.29, 0.717) is 11.3 Å². The summed E-state index contributed by atoms with van der Waals surface area (Å²) >= 11 is 0. The molecule has 1 aliphatic rings. The smallest absolute Gasteiger partial charge is 0.336 e. The summed E-state index contributed by atoms with van der Waals surface area (Å²) < 4.78 is 5.33. The third kappa shape index (κ3) is 3.27. The van der Waals surface area contributed by atoms with Crippen molar-refractivity contribution in [2.75, 3.05) is 13.1 Å². The zero-order valence-electron chi connectivity index (χ0n) is 14.1. The van der Waals surface area contributed by atoms with Gasteiger partial charge in [-0.1, -0.05) is 13.3 Å². The molecule has 0 bridgehead atoms. The van der Waals surface area contributed by atoms with E-state index >= 15 is 0 Å². The van der Waals surface area contributed by atoms with Crippen LogP contribution in [0.3, 0.4) is 0 Å². The summed E-state index contributed by atoms with van der Waals surface area (Å²) in [7, 11) is 0. The van der Waals surface area contributed by atoms with Gasteiger partial charge in [0, 0.05) is 6.07 Å². The first-order valence-corrected chi connectivity index (χ1v) is 8.72. The van der Waals surface area contributed by atoms with Crippen molar-refractivity contribution in [2.45, 2.75) is 52.5 Å². The molecule has 4 heteroatoms. The third-order valence-electron chi connectivity index (χ3n) is 4.92. The largest absolute Gasteiger partial charge is 0.507 e. The molecule has 1 saturated heterocycles. The Bertz CT molecular complexity index is 757. The summed E-state index contributed by atoms with van der Waals surface area (Å²) in [4.78, 5) is 13.3. The van der Waals surface area contributed by atoms with Gasteiger partial charge in [0.25, 0.3) is 0 Å². The van der Waals surface area contributed by atoms with Crippen molar-refractivity contribution < 1.29 is 14.4 Å². The molecule has 0 radical (unpaired) electrons. The Hall–Kier alpha value is -1.81. The highest BCUT2D eigenvalue weighted by Crippen LogP contribution is 2.33. The molecule has 2 N–H and O–H groups in total. The molecule has 4 nitrogen and oxygen atoms in total. The Balaban J connectivity index is 2.09. The highest BCUT2D eigenvalue weighted by atomic mass is 16.4. The molecule has 0 unspecified atom stereocenters. The summed E-state index contributed by atoms with van der Waals surface area (Å²) in [6.45, 7) is 7.25. The topological polar surface area (TPSA) is 54.9 Å². The van der Waals surface area contributed by atoms with E-state index in [4.69, 9.17) is 4.42 Å². The van der Waals surface area contributed by atoms with E-state index in [9.17, 15) is 9.90 Å². The summed E-state index contributed by atoms with van der Waals surface area (Å²) in [5.74, 6) is 0.310. The SMILES string of the molecule is CCCc1cc(=O)oc2cc(C)c(C[NH+]3CCCCC3)c(O)c12. The number of fused-ring (bicyclic) bond motifs is 1. The fourth-order valence-electron chi connectivity index (χ4n) is 3.72. The molecule has 0 spiro atoms. The minimum absolute atomic E-state index is 0.310. The van der Waals surface area contributed by atoms with Gasteiger partial charge in [-0.2, -0.15) is 0 Å².